The maximum absolute atomic E-state index is 8.96. The molecule has 1 aromatic rings. The molecule has 12 heavy (non-hydrogen) atoms. The van der Waals surface area contributed by atoms with Gasteiger partial charge in [-0.3, -0.25) is 0 Å². The van der Waals surface area contributed by atoms with Crippen LogP contribution in [-0.2, 0) is 0 Å². The zero-order valence-electron chi connectivity index (χ0n) is 6.83. The van der Waals surface area contributed by atoms with Crippen molar-refractivity contribution in [1.82, 2.24) is 0 Å². The first-order valence-corrected chi connectivity index (χ1v) is 4.83. The van der Waals surface area contributed by atoms with E-state index in [9.17, 15) is 0 Å². The van der Waals surface area contributed by atoms with E-state index in [0.717, 1.165) is 9.32 Å². The third kappa shape index (κ3) is 3.40. The lowest BCUT2D eigenvalue weighted by molar-refractivity contribution is 0.122. The molecule has 0 aliphatic rings. The van der Waals surface area contributed by atoms with E-state index in [2.05, 4.69) is 22.6 Å². The zero-order valence-corrected chi connectivity index (χ0v) is 8.98. The summed E-state index contributed by atoms with van der Waals surface area (Å²) >= 11 is 2.22. The van der Waals surface area contributed by atoms with Crippen molar-refractivity contribution in [2.24, 2.45) is 0 Å². The summed E-state index contributed by atoms with van der Waals surface area (Å²) in [6, 6.07) is 7.74. The third-order valence-electron chi connectivity index (χ3n) is 1.29. The van der Waals surface area contributed by atoms with Crippen LogP contribution in [0.3, 0.4) is 0 Å². The van der Waals surface area contributed by atoms with Gasteiger partial charge in [0.15, 0.2) is 0 Å². The monoisotopic (exact) mass is 278 g/mol. The fourth-order valence-corrected chi connectivity index (χ4v) is 1.29. The average Bonchev–Trinajstić information content (AvgIpc) is 2.01. The lowest BCUT2D eigenvalue weighted by Crippen LogP contribution is -2.12. The molecule has 2 nitrogen and oxygen atoms in total. The fraction of sp³-hybridized carbons (Fsp3) is 0.333. The number of ether oxygens (including phenoxy) is 1. The topological polar surface area (TPSA) is 29.5 Å². The van der Waals surface area contributed by atoms with E-state index in [1.165, 1.54) is 0 Å². The first kappa shape index (κ1) is 9.80. The van der Waals surface area contributed by atoms with Crippen LogP contribution >= 0.6 is 22.6 Å². The largest absolute Gasteiger partial charge is 0.491 e. The molecule has 0 aromatic heterocycles. The van der Waals surface area contributed by atoms with Crippen LogP contribution in [0.2, 0.25) is 0 Å². The van der Waals surface area contributed by atoms with Crippen LogP contribution in [0.25, 0.3) is 0 Å². The van der Waals surface area contributed by atoms with E-state index < -0.39 is 6.10 Å². The molecule has 66 valence electrons. The first-order valence-electron chi connectivity index (χ1n) is 3.75. The number of aliphatic hydroxyl groups is 1. The van der Waals surface area contributed by atoms with Gasteiger partial charge in [0, 0.05) is 3.57 Å². The van der Waals surface area contributed by atoms with Gasteiger partial charge in [-0.25, -0.2) is 0 Å². The van der Waals surface area contributed by atoms with Gasteiger partial charge in [0.25, 0.3) is 0 Å². The molecule has 1 atom stereocenters. The Morgan fingerprint density at radius 2 is 2.33 bits per heavy atom. The lowest BCUT2D eigenvalue weighted by atomic mass is 10.3. The highest BCUT2D eigenvalue weighted by Crippen LogP contribution is 2.14. The summed E-state index contributed by atoms with van der Waals surface area (Å²) in [7, 11) is 0. The Morgan fingerprint density at radius 3 is 2.92 bits per heavy atom. The summed E-state index contributed by atoms with van der Waals surface area (Å²) in [5, 5.41) is 8.96. The summed E-state index contributed by atoms with van der Waals surface area (Å²) < 4.78 is 6.43. The molecule has 0 unspecified atom stereocenters. The second kappa shape index (κ2) is 4.67. The van der Waals surface area contributed by atoms with Gasteiger partial charge in [-0.15, -0.1) is 0 Å². The van der Waals surface area contributed by atoms with Crippen molar-refractivity contribution in [3.63, 3.8) is 0 Å². The molecule has 1 aromatic carbocycles. The Bertz CT molecular complexity index is 248. The van der Waals surface area contributed by atoms with E-state index in [1.54, 1.807) is 6.92 Å². The predicted molar refractivity (Wildman–Crippen MR) is 56.3 cm³/mol. The van der Waals surface area contributed by atoms with E-state index in [4.69, 9.17) is 9.84 Å². The van der Waals surface area contributed by atoms with Gasteiger partial charge in [-0.1, -0.05) is 6.07 Å². The van der Waals surface area contributed by atoms with Gasteiger partial charge in [0.1, 0.15) is 12.4 Å². The zero-order chi connectivity index (χ0) is 8.97. The summed E-state index contributed by atoms with van der Waals surface area (Å²) in [4.78, 5) is 0. The Kier molecular flexibility index (Phi) is 3.81. The minimum atomic E-state index is -0.414. The van der Waals surface area contributed by atoms with Crippen molar-refractivity contribution < 1.29 is 9.84 Å². The van der Waals surface area contributed by atoms with Gasteiger partial charge in [0.2, 0.25) is 0 Å². The molecule has 0 aliphatic carbocycles. The standard InChI is InChI=1S/C9H11IO2/c1-7(11)6-12-9-4-2-3-8(10)5-9/h2-5,7,11H,6H2,1H3/t7-/m0/s1. The van der Waals surface area contributed by atoms with E-state index in [0.29, 0.717) is 6.61 Å². The SMILES string of the molecule is C[C@H](O)COc1cccc(I)c1. The van der Waals surface area contributed by atoms with Crippen LogP contribution < -0.4 is 4.74 Å². The molecule has 1 rings (SSSR count). The van der Waals surface area contributed by atoms with Crippen LogP contribution in [-0.4, -0.2) is 17.8 Å². The Balaban J connectivity index is 2.52. The van der Waals surface area contributed by atoms with Crippen LogP contribution in [0.5, 0.6) is 5.75 Å². The summed E-state index contributed by atoms with van der Waals surface area (Å²) in [6.07, 6.45) is -0.414. The van der Waals surface area contributed by atoms with Crippen molar-refractivity contribution >= 4 is 22.6 Å². The molecule has 0 bridgehead atoms. The van der Waals surface area contributed by atoms with Gasteiger partial charge < -0.3 is 9.84 Å². The smallest absolute Gasteiger partial charge is 0.120 e. The van der Waals surface area contributed by atoms with Crippen LogP contribution in [0.1, 0.15) is 6.92 Å². The third-order valence-corrected chi connectivity index (χ3v) is 1.96. The molecular formula is C9H11IO2. The van der Waals surface area contributed by atoms with Gasteiger partial charge in [0.05, 0.1) is 6.10 Å². The Hall–Kier alpha value is -0.290. The Morgan fingerprint density at radius 1 is 1.58 bits per heavy atom. The highest BCUT2D eigenvalue weighted by atomic mass is 127. The average molecular weight is 278 g/mol. The van der Waals surface area contributed by atoms with Crippen molar-refractivity contribution in [3.05, 3.63) is 27.8 Å². The lowest BCUT2D eigenvalue weighted by Gasteiger charge is -2.07. The second-order valence-corrected chi connectivity index (χ2v) is 3.86. The van der Waals surface area contributed by atoms with Gasteiger partial charge in [-0.2, -0.15) is 0 Å². The van der Waals surface area contributed by atoms with Crippen molar-refractivity contribution in [3.8, 4) is 5.75 Å². The molecular weight excluding hydrogens is 267 g/mol. The van der Waals surface area contributed by atoms with E-state index in [1.807, 2.05) is 24.3 Å². The summed E-state index contributed by atoms with van der Waals surface area (Å²) in [5.74, 6) is 0.808. The predicted octanol–water partition coefficient (Wildman–Crippen LogP) is 2.05. The van der Waals surface area contributed by atoms with Crippen molar-refractivity contribution in [2.75, 3.05) is 6.61 Å². The molecule has 0 aliphatic heterocycles. The quantitative estimate of drug-likeness (QED) is 0.857. The molecule has 0 spiro atoms. The molecule has 1 N–H and O–H groups in total. The molecule has 0 heterocycles. The highest BCUT2D eigenvalue weighted by molar-refractivity contribution is 14.1. The maximum Gasteiger partial charge on any atom is 0.120 e. The number of aliphatic hydroxyl groups excluding tert-OH is 1. The second-order valence-electron chi connectivity index (χ2n) is 2.62. The fourth-order valence-electron chi connectivity index (χ4n) is 0.774. The molecule has 0 fully saturated rings. The molecule has 3 heteroatoms. The van der Waals surface area contributed by atoms with Gasteiger partial charge in [-0.05, 0) is 47.7 Å². The number of hydrogen-bond donors (Lipinski definition) is 1. The number of halogens is 1. The number of hydrogen-bond acceptors (Lipinski definition) is 2. The number of rotatable bonds is 3. The first-order chi connectivity index (χ1) is 5.68. The summed E-state index contributed by atoms with van der Waals surface area (Å²) in [5.41, 5.74) is 0. The summed E-state index contributed by atoms with van der Waals surface area (Å²) in [6.45, 7) is 2.05. The Labute approximate surface area is 85.7 Å². The normalized spacial score (nSPS) is 12.6. The highest BCUT2D eigenvalue weighted by Gasteiger charge is 1.97. The molecule has 0 saturated carbocycles. The minimum absolute atomic E-state index is 0.347. The van der Waals surface area contributed by atoms with E-state index in [-0.39, 0.29) is 0 Å². The molecule has 0 amide bonds. The van der Waals surface area contributed by atoms with Crippen LogP contribution in [0.4, 0.5) is 0 Å². The van der Waals surface area contributed by atoms with E-state index >= 15 is 0 Å². The number of benzene rings is 1. The molecule has 0 radical (unpaired) electrons. The maximum atomic E-state index is 8.96. The molecule has 0 saturated heterocycles. The van der Waals surface area contributed by atoms with Crippen LogP contribution in [0, 0.1) is 3.57 Å². The minimum Gasteiger partial charge on any atom is -0.491 e. The van der Waals surface area contributed by atoms with Crippen molar-refractivity contribution in [1.29, 1.82) is 0 Å². The van der Waals surface area contributed by atoms with Crippen molar-refractivity contribution in [2.45, 2.75) is 13.0 Å². The van der Waals surface area contributed by atoms with Crippen LogP contribution in [0.15, 0.2) is 24.3 Å². The van der Waals surface area contributed by atoms with Gasteiger partial charge >= 0.3 is 0 Å².